The zero-order chi connectivity index (χ0) is 23.2. The van der Waals surface area contributed by atoms with Crippen molar-refractivity contribution in [1.29, 1.82) is 0 Å². The first-order valence-electron chi connectivity index (χ1n) is 11.8. The highest BCUT2D eigenvalue weighted by molar-refractivity contribution is 7.09. The van der Waals surface area contributed by atoms with Gasteiger partial charge in [0.15, 0.2) is 0 Å². The smallest absolute Gasteiger partial charge is 0.254 e. The van der Waals surface area contributed by atoms with Gasteiger partial charge in [0.25, 0.3) is 5.91 Å². The molecule has 1 saturated heterocycles. The molecular weight excluding hydrogens is 452 g/mol. The summed E-state index contributed by atoms with van der Waals surface area (Å²) in [5, 5.41) is 1.66. The highest BCUT2D eigenvalue weighted by atomic mass is 35.5. The molecule has 1 fully saturated rings. The highest BCUT2D eigenvalue weighted by Crippen LogP contribution is 2.24. The van der Waals surface area contributed by atoms with Crippen LogP contribution in [0.4, 0.5) is 5.13 Å². The average Bonchev–Trinajstić information content (AvgIpc) is 3.29. The minimum atomic E-state index is 0.110. The predicted molar refractivity (Wildman–Crippen MR) is 137 cm³/mol. The summed E-state index contributed by atoms with van der Waals surface area (Å²) in [6.45, 7) is 6.54. The van der Waals surface area contributed by atoms with Gasteiger partial charge >= 0.3 is 0 Å². The summed E-state index contributed by atoms with van der Waals surface area (Å²) >= 11 is 7.40. The third kappa shape index (κ3) is 6.12. The first-order chi connectivity index (χ1) is 16.0. The molecule has 174 valence electrons. The van der Waals surface area contributed by atoms with Crippen molar-refractivity contribution in [3.8, 4) is 0 Å². The molecule has 0 saturated carbocycles. The maximum Gasteiger partial charge on any atom is 0.254 e. The SMILES string of the molecule is CCCCCc1ccc(C(=O)N2CCN(c3nc(Cc4ccc(Cl)cc4)ns3)CC2C)cc1. The van der Waals surface area contributed by atoms with Gasteiger partial charge in [0.05, 0.1) is 0 Å². The number of hydrogen-bond acceptors (Lipinski definition) is 5. The number of amides is 1. The minimum Gasteiger partial charge on any atom is -0.343 e. The molecule has 1 aromatic heterocycles. The first kappa shape index (κ1) is 23.7. The van der Waals surface area contributed by atoms with Gasteiger partial charge in [-0.15, -0.1) is 0 Å². The van der Waals surface area contributed by atoms with Crippen LogP contribution in [0, 0.1) is 0 Å². The number of benzene rings is 2. The monoisotopic (exact) mass is 482 g/mol. The molecule has 0 bridgehead atoms. The van der Waals surface area contributed by atoms with Gasteiger partial charge in [0.1, 0.15) is 5.82 Å². The number of carbonyl (C=O) groups is 1. The van der Waals surface area contributed by atoms with Crippen LogP contribution in [0.3, 0.4) is 0 Å². The van der Waals surface area contributed by atoms with E-state index in [4.69, 9.17) is 16.6 Å². The van der Waals surface area contributed by atoms with E-state index in [-0.39, 0.29) is 11.9 Å². The molecule has 7 heteroatoms. The van der Waals surface area contributed by atoms with Gasteiger partial charge in [0, 0.05) is 54.2 Å². The molecule has 0 spiro atoms. The fraction of sp³-hybridized carbons (Fsp3) is 0.423. The number of anilines is 1. The molecule has 3 aromatic rings. The molecule has 1 aliphatic heterocycles. The van der Waals surface area contributed by atoms with Crippen molar-refractivity contribution in [2.75, 3.05) is 24.5 Å². The Morgan fingerprint density at radius 1 is 1.06 bits per heavy atom. The van der Waals surface area contributed by atoms with Crippen LogP contribution >= 0.6 is 23.1 Å². The molecule has 0 aliphatic carbocycles. The number of halogens is 1. The normalized spacial score (nSPS) is 16.3. The number of aryl methyl sites for hydroxylation is 1. The Bertz CT molecular complexity index is 1050. The highest BCUT2D eigenvalue weighted by Gasteiger charge is 2.29. The fourth-order valence-electron chi connectivity index (χ4n) is 4.22. The second-order valence-corrected chi connectivity index (χ2v) is 9.91. The van der Waals surface area contributed by atoms with E-state index in [1.54, 1.807) is 0 Å². The number of aromatic nitrogens is 2. The second kappa shape index (κ2) is 11.1. The van der Waals surface area contributed by atoms with E-state index < -0.39 is 0 Å². The summed E-state index contributed by atoms with van der Waals surface area (Å²) in [5.41, 5.74) is 3.23. The molecule has 2 aromatic carbocycles. The molecule has 5 nitrogen and oxygen atoms in total. The van der Waals surface area contributed by atoms with Crippen LogP contribution in [0.15, 0.2) is 48.5 Å². The van der Waals surface area contributed by atoms with Gasteiger partial charge in [0.2, 0.25) is 5.13 Å². The quantitative estimate of drug-likeness (QED) is 0.377. The van der Waals surface area contributed by atoms with Gasteiger partial charge < -0.3 is 9.80 Å². The van der Waals surface area contributed by atoms with Crippen molar-refractivity contribution in [3.63, 3.8) is 0 Å². The maximum atomic E-state index is 13.1. The van der Waals surface area contributed by atoms with E-state index >= 15 is 0 Å². The predicted octanol–water partition coefficient (Wildman–Crippen LogP) is 5.87. The molecule has 1 amide bonds. The van der Waals surface area contributed by atoms with E-state index in [0.29, 0.717) is 13.0 Å². The topological polar surface area (TPSA) is 49.3 Å². The number of piperazine rings is 1. The van der Waals surface area contributed by atoms with Crippen LogP contribution in [-0.4, -0.2) is 45.8 Å². The lowest BCUT2D eigenvalue weighted by Gasteiger charge is -2.39. The van der Waals surface area contributed by atoms with Crippen molar-refractivity contribution in [2.24, 2.45) is 0 Å². The Kier molecular flexibility index (Phi) is 7.99. The van der Waals surface area contributed by atoms with Crippen LogP contribution in [0.5, 0.6) is 0 Å². The Balaban J connectivity index is 1.33. The van der Waals surface area contributed by atoms with Gasteiger partial charge in [-0.05, 0) is 55.2 Å². The van der Waals surface area contributed by atoms with Crippen LogP contribution in [0.2, 0.25) is 5.02 Å². The summed E-state index contributed by atoms with van der Waals surface area (Å²) in [5.74, 6) is 0.936. The minimum absolute atomic E-state index is 0.110. The van der Waals surface area contributed by atoms with E-state index in [1.165, 1.54) is 36.4 Å². The van der Waals surface area contributed by atoms with Gasteiger partial charge in [-0.25, -0.2) is 4.98 Å². The molecule has 1 unspecified atom stereocenters. The lowest BCUT2D eigenvalue weighted by molar-refractivity contribution is 0.0674. The molecule has 1 atom stereocenters. The van der Waals surface area contributed by atoms with Gasteiger partial charge in [-0.2, -0.15) is 4.37 Å². The molecular formula is C26H31ClN4OS. The summed E-state index contributed by atoms with van der Waals surface area (Å²) in [6.07, 6.45) is 5.45. The average molecular weight is 483 g/mol. The molecule has 2 heterocycles. The van der Waals surface area contributed by atoms with Crippen LogP contribution < -0.4 is 4.90 Å². The van der Waals surface area contributed by atoms with E-state index in [0.717, 1.165) is 46.6 Å². The summed E-state index contributed by atoms with van der Waals surface area (Å²) < 4.78 is 4.55. The number of rotatable bonds is 8. The molecule has 4 rings (SSSR count). The number of nitrogens with zero attached hydrogens (tertiary/aromatic N) is 4. The third-order valence-electron chi connectivity index (χ3n) is 6.16. The molecule has 0 N–H and O–H groups in total. The third-order valence-corrected chi connectivity index (χ3v) is 7.23. The van der Waals surface area contributed by atoms with Crippen molar-refractivity contribution < 1.29 is 4.79 Å². The maximum absolute atomic E-state index is 13.1. The van der Waals surface area contributed by atoms with Crippen molar-refractivity contribution >= 4 is 34.2 Å². The van der Waals surface area contributed by atoms with Crippen LogP contribution in [0.1, 0.15) is 60.4 Å². The van der Waals surface area contributed by atoms with Crippen LogP contribution in [-0.2, 0) is 12.8 Å². The van der Waals surface area contributed by atoms with E-state index in [9.17, 15) is 4.79 Å². The lowest BCUT2D eigenvalue weighted by Crippen LogP contribution is -2.54. The van der Waals surface area contributed by atoms with E-state index in [2.05, 4.69) is 35.3 Å². The Labute approximate surface area is 205 Å². The Hall–Kier alpha value is -2.44. The summed E-state index contributed by atoms with van der Waals surface area (Å²) in [4.78, 5) is 22.1. The zero-order valence-corrected chi connectivity index (χ0v) is 20.9. The number of carbonyl (C=O) groups excluding carboxylic acids is 1. The van der Waals surface area contributed by atoms with Crippen LogP contribution in [0.25, 0.3) is 0 Å². The van der Waals surface area contributed by atoms with E-state index in [1.807, 2.05) is 41.3 Å². The molecule has 1 aliphatic rings. The first-order valence-corrected chi connectivity index (χ1v) is 12.9. The second-order valence-electron chi connectivity index (χ2n) is 8.74. The summed E-state index contributed by atoms with van der Waals surface area (Å²) in [6, 6.07) is 16.1. The van der Waals surface area contributed by atoms with Crippen molar-refractivity contribution in [2.45, 2.75) is 52.0 Å². The number of hydrogen-bond donors (Lipinski definition) is 0. The summed E-state index contributed by atoms with van der Waals surface area (Å²) in [7, 11) is 0. The van der Waals surface area contributed by atoms with Crippen molar-refractivity contribution in [1.82, 2.24) is 14.3 Å². The Morgan fingerprint density at radius 3 is 2.48 bits per heavy atom. The zero-order valence-electron chi connectivity index (χ0n) is 19.3. The fourth-order valence-corrected chi connectivity index (χ4v) is 5.07. The Morgan fingerprint density at radius 2 is 1.79 bits per heavy atom. The molecule has 33 heavy (non-hydrogen) atoms. The number of unbranched alkanes of at least 4 members (excludes halogenated alkanes) is 2. The largest absolute Gasteiger partial charge is 0.343 e. The van der Waals surface area contributed by atoms with Crippen molar-refractivity contribution in [3.05, 3.63) is 76.1 Å². The van der Waals surface area contributed by atoms with Gasteiger partial charge in [-0.1, -0.05) is 55.6 Å². The standard InChI is InChI=1S/C26H31ClN4OS/c1-3-4-5-6-20-7-11-22(12-8-20)25(32)31-16-15-30(18-19(31)2)26-28-24(29-33-26)17-21-9-13-23(27)14-10-21/h7-14,19H,3-6,15-18H2,1-2H3. The molecule has 0 radical (unpaired) electrons. The van der Waals surface area contributed by atoms with Gasteiger partial charge in [-0.3, -0.25) is 4.79 Å². The lowest BCUT2D eigenvalue weighted by atomic mass is 10.0.